The number of benzene rings is 2. The average molecular weight is 506 g/mol. The number of piperidine rings is 1. The van der Waals surface area contributed by atoms with Crippen molar-refractivity contribution in [3.8, 4) is 0 Å². The number of carbonyl (C=O) groups excluding carboxylic acids is 3. The van der Waals surface area contributed by atoms with Crippen LogP contribution in [-0.4, -0.2) is 46.7 Å². The molecule has 0 N–H and O–H groups in total. The van der Waals surface area contributed by atoms with Gasteiger partial charge < -0.3 is 4.90 Å². The van der Waals surface area contributed by atoms with Crippen molar-refractivity contribution in [2.45, 2.75) is 25.8 Å². The van der Waals surface area contributed by atoms with Crippen LogP contribution in [0.5, 0.6) is 0 Å². The lowest BCUT2D eigenvalue weighted by molar-refractivity contribution is 0.0368. The molecule has 0 saturated carbocycles. The van der Waals surface area contributed by atoms with Crippen molar-refractivity contribution in [3.05, 3.63) is 68.5 Å². The first-order valence-electron chi connectivity index (χ1n) is 9.59. The van der Waals surface area contributed by atoms with E-state index in [0.29, 0.717) is 26.8 Å². The number of amides is 3. The Bertz CT molecular complexity index is 974. The van der Waals surface area contributed by atoms with E-state index < -0.39 is 0 Å². The summed E-state index contributed by atoms with van der Waals surface area (Å²) in [5, 5.41) is 0. The van der Waals surface area contributed by atoms with Crippen LogP contribution in [0.4, 0.5) is 4.39 Å². The van der Waals surface area contributed by atoms with E-state index in [1.165, 1.54) is 23.1 Å². The van der Waals surface area contributed by atoms with Crippen molar-refractivity contribution in [1.82, 2.24) is 9.80 Å². The second-order valence-electron chi connectivity index (χ2n) is 7.58. The van der Waals surface area contributed by atoms with Gasteiger partial charge >= 0.3 is 0 Å². The zero-order valence-electron chi connectivity index (χ0n) is 15.9. The zero-order chi connectivity index (χ0) is 20.7. The minimum absolute atomic E-state index is 0.134. The Morgan fingerprint density at radius 1 is 1.14 bits per heavy atom. The molecule has 150 valence electrons. The molecule has 5 nitrogen and oxygen atoms in total. The highest BCUT2D eigenvalue weighted by atomic mass is 127. The molecule has 0 aromatic heterocycles. The summed E-state index contributed by atoms with van der Waals surface area (Å²) in [5.74, 6) is -1.07. The van der Waals surface area contributed by atoms with Gasteiger partial charge in [0.25, 0.3) is 17.7 Å². The number of carbonyl (C=O) groups is 3. The predicted molar refractivity (Wildman–Crippen MR) is 114 cm³/mol. The Morgan fingerprint density at radius 3 is 2.41 bits per heavy atom. The number of imide groups is 1. The van der Waals surface area contributed by atoms with Crippen LogP contribution in [0.15, 0.2) is 42.5 Å². The molecule has 29 heavy (non-hydrogen) atoms. The molecule has 2 aromatic rings. The topological polar surface area (TPSA) is 57.7 Å². The van der Waals surface area contributed by atoms with E-state index in [0.717, 1.165) is 12.8 Å². The number of fused-ring (bicyclic) bond motifs is 1. The van der Waals surface area contributed by atoms with Gasteiger partial charge in [-0.1, -0.05) is 19.1 Å². The molecule has 7 heteroatoms. The highest BCUT2D eigenvalue weighted by Crippen LogP contribution is 2.30. The molecule has 0 radical (unpaired) electrons. The lowest BCUT2D eigenvalue weighted by Crippen LogP contribution is -2.54. The van der Waals surface area contributed by atoms with Gasteiger partial charge in [-0.25, -0.2) is 4.39 Å². The van der Waals surface area contributed by atoms with Gasteiger partial charge in [0.15, 0.2) is 0 Å². The molecule has 0 aliphatic carbocycles. The number of hydrogen-bond acceptors (Lipinski definition) is 3. The largest absolute Gasteiger partial charge is 0.334 e. The second kappa shape index (κ2) is 7.85. The maximum atomic E-state index is 13.5. The fraction of sp³-hybridized carbons (Fsp3) is 0.318. The summed E-state index contributed by atoms with van der Waals surface area (Å²) in [6.45, 7) is 2.75. The molecule has 2 aliphatic rings. The van der Waals surface area contributed by atoms with Crippen molar-refractivity contribution < 1.29 is 18.8 Å². The van der Waals surface area contributed by atoms with Gasteiger partial charge in [0.1, 0.15) is 5.82 Å². The zero-order valence-corrected chi connectivity index (χ0v) is 18.1. The normalized spacial score (nSPS) is 21.5. The minimum Gasteiger partial charge on any atom is -0.334 e. The average Bonchev–Trinajstić information content (AvgIpc) is 2.94. The van der Waals surface area contributed by atoms with Crippen LogP contribution < -0.4 is 0 Å². The van der Waals surface area contributed by atoms with E-state index in [-0.39, 0.29) is 42.0 Å². The van der Waals surface area contributed by atoms with Gasteiger partial charge in [-0.15, -0.1) is 0 Å². The van der Waals surface area contributed by atoms with Gasteiger partial charge in [-0.2, -0.15) is 0 Å². The van der Waals surface area contributed by atoms with Crippen molar-refractivity contribution in [1.29, 1.82) is 0 Å². The molecule has 2 unspecified atom stereocenters. The molecule has 1 saturated heterocycles. The molecule has 2 aromatic carbocycles. The first-order chi connectivity index (χ1) is 13.9. The van der Waals surface area contributed by atoms with Crippen LogP contribution in [0.3, 0.4) is 0 Å². The van der Waals surface area contributed by atoms with Crippen molar-refractivity contribution >= 4 is 40.3 Å². The van der Waals surface area contributed by atoms with Crippen LogP contribution in [0.1, 0.15) is 50.8 Å². The Hall–Kier alpha value is -2.29. The Balaban J connectivity index is 1.62. The lowest BCUT2D eigenvalue weighted by atomic mass is 9.89. The summed E-state index contributed by atoms with van der Waals surface area (Å²) in [6.07, 6.45) is 1.77. The number of rotatable bonds is 3. The van der Waals surface area contributed by atoms with Crippen LogP contribution in [0.2, 0.25) is 0 Å². The standard InChI is InChI=1S/C22H20FIN2O3/c1-13-5-4-10-25(22(29)17-9-8-14(23)11-18(17)24)19(13)12-26-20(27)15-6-2-3-7-16(15)21(26)28/h2-3,6-9,11,13,19H,4-5,10,12H2,1H3. The molecule has 2 aliphatic heterocycles. The summed E-state index contributed by atoms with van der Waals surface area (Å²) >= 11 is 1.96. The summed E-state index contributed by atoms with van der Waals surface area (Å²) in [7, 11) is 0. The van der Waals surface area contributed by atoms with E-state index in [2.05, 4.69) is 0 Å². The van der Waals surface area contributed by atoms with Gasteiger partial charge in [-0.05, 0) is 71.7 Å². The van der Waals surface area contributed by atoms with Crippen molar-refractivity contribution in [2.75, 3.05) is 13.1 Å². The van der Waals surface area contributed by atoms with Gasteiger partial charge in [0.2, 0.25) is 0 Å². The predicted octanol–water partition coefficient (Wildman–Crippen LogP) is 3.97. The van der Waals surface area contributed by atoms with Crippen LogP contribution in [0, 0.1) is 15.3 Å². The number of nitrogens with zero attached hydrogens (tertiary/aromatic N) is 2. The molecule has 0 spiro atoms. The highest BCUT2D eigenvalue weighted by molar-refractivity contribution is 14.1. The van der Waals surface area contributed by atoms with Crippen LogP contribution >= 0.6 is 22.6 Å². The van der Waals surface area contributed by atoms with E-state index in [1.54, 1.807) is 29.2 Å². The Morgan fingerprint density at radius 2 is 1.79 bits per heavy atom. The summed E-state index contributed by atoms with van der Waals surface area (Å²) in [6, 6.07) is 10.6. The van der Waals surface area contributed by atoms with Gasteiger partial charge in [0.05, 0.1) is 29.3 Å². The SMILES string of the molecule is CC1CCCN(C(=O)c2ccc(F)cc2I)C1CN1C(=O)c2ccccc2C1=O. The molecule has 0 bridgehead atoms. The van der Waals surface area contributed by atoms with Crippen LogP contribution in [0.25, 0.3) is 0 Å². The smallest absolute Gasteiger partial charge is 0.261 e. The quantitative estimate of drug-likeness (QED) is 0.468. The van der Waals surface area contributed by atoms with Gasteiger partial charge in [0, 0.05) is 10.1 Å². The second-order valence-corrected chi connectivity index (χ2v) is 8.74. The lowest BCUT2D eigenvalue weighted by Gasteiger charge is -2.41. The Kier molecular flexibility index (Phi) is 5.42. The fourth-order valence-corrected chi connectivity index (χ4v) is 4.90. The Labute approximate surface area is 182 Å². The molecule has 3 amide bonds. The van der Waals surface area contributed by atoms with E-state index in [4.69, 9.17) is 0 Å². The first kappa shape index (κ1) is 20.0. The summed E-state index contributed by atoms with van der Waals surface area (Å²) in [4.78, 5) is 41.8. The molecular weight excluding hydrogens is 486 g/mol. The minimum atomic E-state index is -0.388. The number of halogens is 2. The van der Waals surface area contributed by atoms with E-state index in [9.17, 15) is 18.8 Å². The first-order valence-corrected chi connectivity index (χ1v) is 10.7. The summed E-state index contributed by atoms with van der Waals surface area (Å²) in [5.41, 5.74) is 1.26. The molecule has 2 heterocycles. The molecule has 2 atom stereocenters. The number of hydrogen-bond donors (Lipinski definition) is 0. The monoisotopic (exact) mass is 506 g/mol. The third-order valence-electron chi connectivity index (χ3n) is 5.79. The van der Waals surface area contributed by atoms with E-state index in [1.807, 2.05) is 29.5 Å². The molecule has 4 rings (SSSR count). The van der Waals surface area contributed by atoms with Gasteiger partial charge in [-0.3, -0.25) is 19.3 Å². The van der Waals surface area contributed by atoms with E-state index >= 15 is 0 Å². The van der Waals surface area contributed by atoms with Crippen molar-refractivity contribution in [2.24, 2.45) is 5.92 Å². The third kappa shape index (κ3) is 3.56. The number of likely N-dealkylation sites (tertiary alicyclic amines) is 1. The fourth-order valence-electron chi connectivity index (χ4n) is 4.19. The van der Waals surface area contributed by atoms with Crippen LogP contribution in [-0.2, 0) is 0 Å². The maximum absolute atomic E-state index is 13.5. The molecule has 1 fully saturated rings. The maximum Gasteiger partial charge on any atom is 0.261 e. The highest BCUT2D eigenvalue weighted by Gasteiger charge is 2.41. The molecular formula is C22H20FIN2O3. The third-order valence-corrected chi connectivity index (χ3v) is 6.68. The van der Waals surface area contributed by atoms with Crippen molar-refractivity contribution in [3.63, 3.8) is 0 Å². The summed E-state index contributed by atoms with van der Waals surface area (Å²) < 4.78 is 14.0.